The second kappa shape index (κ2) is 5.21. The first-order valence-electron chi connectivity index (χ1n) is 6.37. The van der Waals surface area contributed by atoms with Gasteiger partial charge in [-0.15, -0.1) is 0 Å². The Balaban J connectivity index is 1.84. The van der Waals surface area contributed by atoms with Gasteiger partial charge < -0.3 is 10.5 Å². The molecule has 1 aromatic carbocycles. The summed E-state index contributed by atoms with van der Waals surface area (Å²) in [6, 6.07) is 5.47. The van der Waals surface area contributed by atoms with Crippen LogP contribution < -0.4 is 10.5 Å². The predicted octanol–water partition coefficient (Wildman–Crippen LogP) is 2.49. The van der Waals surface area contributed by atoms with E-state index < -0.39 is 0 Å². The molecule has 6 nitrogen and oxygen atoms in total. The molecular formula is C14H14ClN5O. The van der Waals surface area contributed by atoms with Crippen molar-refractivity contribution >= 4 is 28.5 Å². The third-order valence-corrected chi connectivity index (χ3v) is 3.59. The molecule has 0 spiro atoms. The predicted molar refractivity (Wildman–Crippen MR) is 81.2 cm³/mol. The maximum atomic E-state index is 5.98. The van der Waals surface area contributed by atoms with Gasteiger partial charge in [-0.2, -0.15) is 5.10 Å². The molecule has 7 heteroatoms. The van der Waals surface area contributed by atoms with Crippen LogP contribution in [-0.4, -0.2) is 19.7 Å². The molecule has 2 aromatic heterocycles. The summed E-state index contributed by atoms with van der Waals surface area (Å²) in [7, 11) is 1.81. The van der Waals surface area contributed by atoms with Gasteiger partial charge in [0.2, 0.25) is 0 Å². The first kappa shape index (κ1) is 13.6. The normalized spacial score (nSPS) is 11.0. The number of nitrogen functional groups attached to an aromatic ring is 1. The molecule has 0 aliphatic carbocycles. The van der Waals surface area contributed by atoms with Gasteiger partial charge in [0.05, 0.1) is 11.6 Å². The van der Waals surface area contributed by atoms with E-state index in [4.69, 9.17) is 22.1 Å². The van der Waals surface area contributed by atoms with Gasteiger partial charge in [0.25, 0.3) is 0 Å². The SMILES string of the molecule is Cc1cc(OCc2nc(N)c3cnn(C)c3n2)ccc1Cl. The fraction of sp³-hybridized carbons (Fsp3) is 0.214. The van der Waals surface area contributed by atoms with Gasteiger partial charge in [-0.05, 0) is 30.7 Å². The van der Waals surface area contributed by atoms with Crippen molar-refractivity contribution in [2.75, 3.05) is 5.73 Å². The van der Waals surface area contributed by atoms with Crippen molar-refractivity contribution in [3.8, 4) is 5.75 Å². The van der Waals surface area contributed by atoms with E-state index in [-0.39, 0.29) is 6.61 Å². The van der Waals surface area contributed by atoms with Crippen molar-refractivity contribution < 1.29 is 4.74 Å². The third kappa shape index (κ3) is 2.62. The Morgan fingerprint density at radius 2 is 2.14 bits per heavy atom. The van der Waals surface area contributed by atoms with Gasteiger partial charge in [-0.3, -0.25) is 4.68 Å². The van der Waals surface area contributed by atoms with E-state index in [1.807, 2.05) is 20.0 Å². The number of halogens is 1. The highest BCUT2D eigenvalue weighted by atomic mass is 35.5. The molecule has 2 N–H and O–H groups in total. The summed E-state index contributed by atoms with van der Waals surface area (Å²) in [5.74, 6) is 1.62. The van der Waals surface area contributed by atoms with E-state index in [0.717, 1.165) is 10.9 Å². The fourth-order valence-electron chi connectivity index (χ4n) is 2.01. The second-order valence-electron chi connectivity index (χ2n) is 4.73. The molecule has 0 atom stereocenters. The molecule has 21 heavy (non-hydrogen) atoms. The second-order valence-corrected chi connectivity index (χ2v) is 5.14. The summed E-state index contributed by atoms with van der Waals surface area (Å²) in [4.78, 5) is 8.64. The van der Waals surface area contributed by atoms with E-state index in [9.17, 15) is 0 Å². The molecule has 0 aliphatic rings. The lowest BCUT2D eigenvalue weighted by atomic mass is 10.2. The average molecular weight is 304 g/mol. The number of ether oxygens (including phenoxy) is 1. The van der Waals surface area contributed by atoms with Gasteiger partial charge in [0.15, 0.2) is 11.5 Å². The number of nitrogens with zero attached hydrogens (tertiary/aromatic N) is 4. The fourth-order valence-corrected chi connectivity index (χ4v) is 2.13. The largest absolute Gasteiger partial charge is 0.486 e. The smallest absolute Gasteiger partial charge is 0.170 e. The van der Waals surface area contributed by atoms with E-state index in [0.29, 0.717) is 28.1 Å². The van der Waals surface area contributed by atoms with Crippen LogP contribution in [0.15, 0.2) is 24.4 Å². The minimum absolute atomic E-state index is 0.229. The molecule has 3 aromatic rings. The summed E-state index contributed by atoms with van der Waals surface area (Å²) in [6.07, 6.45) is 1.65. The van der Waals surface area contributed by atoms with Gasteiger partial charge in [0.1, 0.15) is 18.2 Å². The van der Waals surface area contributed by atoms with Crippen LogP contribution in [0.3, 0.4) is 0 Å². The molecule has 0 saturated heterocycles. The monoisotopic (exact) mass is 303 g/mol. The lowest BCUT2D eigenvalue weighted by Gasteiger charge is -2.08. The van der Waals surface area contributed by atoms with Crippen molar-refractivity contribution in [2.45, 2.75) is 13.5 Å². The number of benzene rings is 1. The molecule has 0 amide bonds. The van der Waals surface area contributed by atoms with Crippen LogP contribution >= 0.6 is 11.6 Å². The lowest BCUT2D eigenvalue weighted by Crippen LogP contribution is -2.06. The number of rotatable bonds is 3. The van der Waals surface area contributed by atoms with E-state index in [1.165, 1.54) is 0 Å². The van der Waals surface area contributed by atoms with Gasteiger partial charge in [-0.25, -0.2) is 9.97 Å². The summed E-state index contributed by atoms with van der Waals surface area (Å²) in [5, 5.41) is 5.56. The summed E-state index contributed by atoms with van der Waals surface area (Å²) in [5.41, 5.74) is 7.55. The molecule has 0 bridgehead atoms. The van der Waals surface area contributed by atoms with Crippen molar-refractivity contribution in [3.05, 3.63) is 40.8 Å². The van der Waals surface area contributed by atoms with Crippen molar-refractivity contribution in [1.82, 2.24) is 19.7 Å². The molecule has 3 rings (SSSR count). The molecule has 0 unspecified atom stereocenters. The Kier molecular flexibility index (Phi) is 3.39. The first-order valence-corrected chi connectivity index (χ1v) is 6.75. The maximum absolute atomic E-state index is 5.98. The molecule has 0 saturated carbocycles. The zero-order valence-corrected chi connectivity index (χ0v) is 12.4. The van der Waals surface area contributed by atoms with Gasteiger partial charge in [-0.1, -0.05) is 11.6 Å². The Labute approximate surface area is 126 Å². The Hall–Kier alpha value is -2.34. The van der Waals surface area contributed by atoms with E-state index in [2.05, 4.69) is 15.1 Å². The van der Waals surface area contributed by atoms with Crippen LogP contribution in [0.2, 0.25) is 5.02 Å². The zero-order valence-electron chi connectivity index (χ0n) is 11.7. The number of aromatic nitrogens is 4. The van der Waals surface area contributed by atoms with Gasteiger partial charge in [0, 0.05) is 12.1 Å². The number of hydrogen-bond donors (Lipinski definition) is 1. The van der Waals surface area contributed by atoms with Crippen molar-refractivity contribution in [2.24, 2.45) is 7.05 Å². The molecule has 0 radical (unpaired) electrons. The van der Waals surface area contributed by atoms with E-state index >= 15 is 0 Å². The van der Waals surface area contributed by atoms with Crippen LogP contribution in [0.5, 0.6) is 5.75 Å². The van der Waals surface area contributed by atoms with Gasteiger partial charge >= 0.3 is 0 Å². The van der Waals surface area contributed by atoms with Crippen LogP contribution in [0.1, 0.15) is 11.4 Å². The summed E-state index contributed by atoms with van der Waals surface area (Å²) >= 11 is 5.98. The van der Waals surface area contributed by atoms with Crippen LogP contribution in [0, 0.1) is 6.92 Å². The van der Waals surface area contributed by atoms with Crippen LogP contribution in [-0.2, 0) is 13.7 Å². The zero-order chi connectivity index (χ0) is 15.0. The average Bonchev–Trinajstić information content (AvgIpc) is 2.83. The van der Waals surface area contributed by atoms with Crippen molar-refractivity contribution in [1.29, 1.82) is 0 Å². The van der Waals surface area contributed by atoms with Crippen molar-refractivity contribution in [3.63, 3.8) is 0 Å². The van der Waals surface area contributed by atoms with Crippen LogP contribution in [0.25, 0.3) is 11.0 Å². The number of aryl methyl sites for hydroxylation is 2. The molecule has 0 aliphatic heterocycles. The van der Waals surface area contributed by atoms with Crippen LogP contribution in [0.4, 0.5) is 5.82 Å². The standard InChI is InChI=1S/C14H14ClN5O/c1-8-5-9(3-4-11(8)15)21-7-12-18-13(16)10-6-17-20(2)14(10)19-12/h3-6H,7H2,1-2H3,(H2,16,18,19). The minimum Gasteiger partial charge on any atom is -0.486 e. The number of nitrogens with two attached hydrogens (primary N) is 1. The quantitative estimate of drug-likeness (QED) is 0.804. The molecule has 108 valence electrons. The first-order chi connectivity index (χ1) is 10.0. The topological polar surface area (TPSA) is 78.9 Å². The summed E-state index contributed by atoms with van der Waals surface area (Å²) < 4.78 is 7.34. The number of anilines is 1. The lowest BCUT2D eigenvalue weighted by molar-refractivity contribution is 0.296. The summed E-state index contributed by atoms with van der Waals surface area (Å²) in [6.45, 7) is 2.15. The Bertz CT molecular complexity index is 814. The maximum Gasteiger partial charge on any atom is 0.170 e. The Morgan fingerprint density at radius 1 is 1.33 bits per heavy atom. The third-order valence-electron chi connectivity index (χ3n) is 3.17. The van der Waals surface area contributed by atoms with E-state index in [1.54, 1.807) is 23.0 Å². The highest BCUT2D eigenvalue weighted by molar-refractivity contribution is 6.31. The highest BCUT2D eigenvalue weighted by Gasteiger charge is 2.09. The number of hydrogen-bond acceptors (Lipinski definition) is 5. The molecular weight excluding hydrogens is 290 g/mol. The Morgan fingerprint density at radius 3 is 2.90 bits per heavy atom. The minimum atomic E-state index is 0.229. The molecule has 0 fully saturated rings. The molecule has 2 heterocycles. The highest BCUT2D eigenvalue weighted by Crippen LogP contribution is 2.22. The number of fused-ring (bicyclic) bond motifs is 1.